The van der Waals surface area contributed by atoms with E-state index in [0.717, 1.165) is 0 Å². The first-order valence-electron chi connectivity index (χ1n) is 6.40. The van der Waals surface area contributed by atoms with Crippen LogP contribution in [0, 0.1) is 0 Å². The molecule has 1 aliphatic rings. The van der Waals surface area contributed by atoms with Gasteiger partial charge in [-0.15, -0.1) is 11.3 Å². The predicted molar refractivity (Wildman–Crippen MR) is 75.5 cm³/mol. The first-order valence-corrected chi connectivity index (χ1v) is 9.00. The summed E-state index contributed by atoms with van der Waals surface area (Å²) in [7, 11) is -3.15. The van der Waals surface area contributed by atoms with E-state index in [1.807, 2.05) is 11.4 Å². The zero-order chi connectivity index (χ0) is 13.9. The number of ketones is 1. The number of thiophene rings is 1. The first kappa shape index (κ1) is 14.7. The molecule has 0 aliphatic carbocycles. The number of Topliss-reactive ketones (excluding diaryl/α,β-unsaturated/α-hetero) is 1. The number of sulfone groups is 1. The molecule has 1 fully saturated rings. The van der Waals surface area contributed by atoms with Crippen molar-refractivity contribution in [2.75, 3.05) is 12.4 Å². The number of hydrogen-bond acceptors (Lipinski definition) is 5. The second kappa shape index (κ2) is 6.15. The standard InChI is InChI=1S/C13H18O4S2/c1-10-13(6-7-17-10)19(15,16)9-3-4-11(14)12-5-2-8-18-12/h2,5,8,10,13H,3-4,6-7,9H2,1H3. The molecule has 0 N–H and O–H groups in total. The molecular formula is C13H18O4S2. The molecule has 2 atom stereocenters. The Morgan fingerprint density at radius 1 is 1.53 bits per heavy atom. The van der Waals surface area contributed by atoms with Crippen molar-refractivity contribution in [2.24, 2.45) is 0 Å². The van der Waals surface area contributed by atoms with Gasteiger partial charge in [0.25, 0.3) is 0 Å². The van der Waals surface area contributed by atoms with Crippen LogP contribution in [-0.2, 0) is 14.6 Å². The summed E-state index contributed by atoms with van der Waals surface area (Å²) in [6.07, 6.45) is 1.03. The molecule has 1 aromatic heterocycles. The Labute approximate surface area is 117 Å². The maximum Gasteiger partial charge on any atom is 0.172 e. The minimum atomic E-state index is -3.15. The molecule has 1 aromatic rings. The summed E-state index contributed by atoms with van der Waals surface area (Å²) >= 11 is 1.40. The van der Waals surface area contributed by atoms with Gasteiger partial charge in [-0.1, -0.05) is 6.07 Å². The van der Waals surface area contributed by atoms with Crippen LogP contribution in [-0.4, -0.2) is 37.9 Å². The Morgan fingerprint density at radius 3 is 2.89 bits per heavy atom. The van der Waals surface area contributed by atoms with Crippen molar-refractivity contribution < 1.29 is 17.9 Å². The monoisotopic (exact) mass is 302 g/mol. The van der Waals surface area contributed by atoms with Crippen molar-refractivity contribution in [1.82, 2.24) is 0 Å². The minimum absolute atomic E-state index is 0.0286. The largest absolute Gasteiger partial charge is 0.377 e. The third-order valence-corrected chi connectivity index (χ3v) is 6.71. The SMILES string of the molecule is CC1OCCC1S(=O)(=O)CCCC(=O)c1cccs1. The summed E-state index contributed by atoms with van der Waals surface area (Å²) in [5, 5.41) is 1.45. The van der Waals surface area contributed by atoms with Gasteiger partial charge in [-0.3, -0.25) is 4.79 Å². The minimum Gasteiger partial charge on any atom is -0.377 e. The number of carbonyl (C=O) groups is 1. The van der Waals surface area contributed by atoms with Gasteiger partial charge < -0.3 is 4.74 Å². The normalized spacial score (nSPS) is 23.6. The maximum atomic E-state index is 12.1. The smallest absolute Gasteiger partial charge is 0.172 e. The average molecular weight is 302 g/mol. The first-order chi connectivity index (χ1) is 9.00. The summed E-state index contributed by atoms with van der Waals surface area (Å²) in [6, 6.07) is 3.60. The molecule has 1 aliphatic heterocycles. The summed E-state index contributed by atoms with van der Waals surface area (Å²) < 4.78 is 29.5. The van der Waals surface area contributed by atoms with Crippen molar-refractivity contribution in [1.29, 1.82) is 0 Å². The topological polar surface area (TPSA) is 60.4 Å². The van der Waals surface area contributed by atoms with Crippen LogP contribution in [0.15, 0.2) is 17.5 Å². The molecule has 0 bridgehead atoms. The molecule has 2 heterocycles. The Hall–Kier alpha value is -0.720. The van der Waals surface area contributed by atoms with Crippen LogP contribution in [0.1, 0.15) is 35.9 Å². The Morgan fingerprint density at radius 2 is 2.32 bits per heavy atom. The fourth-order valence-electron chi connectivity index (χ4n) is 2.33. The lowest BCUT2D eigenvalue weighted by Crippen LogP contribution is -2.30. The van der Waals surface area contributed by atoms with Crippen LogP contribution < -0.4 is 0 Å². The van der Waals surface area contributed by atoms with E-state index in [4.69, 9.17) is 4.74 Å². The Balaban J connectivity index is 1.83. The van der Waals surface area contributed by atoms with E-state index < -0.39 is 15.1 Å². The molecule has 4 nitrogen and oxygen atoms in total. The molecule has 2 rings (SSSR count). The Kier molecular flexibility index (Phi) is 4.76. The van der Waals surface area contributed by atoms with Gasteiger partial charge in [0.15, 0.2) is 15.6 Å². The van der Waals surface area contributed by atoms with Crippen molar-refractivity contribution >= 4 is 27.0 Å². The summed E-state index contributed by atoms with van der Waals surface area (Å²) in [6.45, 7) is 2.31. The maximum absolute atomic E-state index is 12.1. The molecule has 6 heteroatoms. The number of hydrogen-bond donors (Lipinski definition) is 0. The van der Waals surface area contributed by atoms with Gasteiger partial charge in [0.05, 0.1) is 22.0 Å². The Bertz CT molecular complexity index is 519. The van der Waals surface area contributed by atoms with E-state index in [1.165, 1.54) is 11.3 Å². The lowest BCUT2D eigenvalue weighted by Gasteiger charge is -2.14. The zero-order valence-corrected chi connectivity index (χ0v) is 12.5. The van der Waals surface area contributed by atoms with Crippen LogP contribution >= 0.6 is 11.3 Å². The van der Waals surface area contributed by atoms with Crippen molar-refractivity contribution in [3.05, 3.63) is 22.4 Å². The molecule has 0 saturated carbocycles. The quantitative estimate of drug-likeness (QED) is 0.757. The van der Waals surface area contributed by atoms with Crippen LogP contribution in [0.25, 0.3) is 0 Å². The van der Waals surface area contributed by atoms with Crippen LogP contribution in [0.2, 0.25) is 0 Å². The van der Waals surface area contributed by atoms with E-state index in [-0.39, 0.29) is 17.6 Å². The van der Waals surface area contributed by atoms with Crippen molar-refractivity contribution in [3.8, 4) is 0 Å². The lowest BCUT2D eigenvalue weighted by molar-refractivity contribution is 0.0986. The highest BCUT2D eigenvalue weighted by Crippen LogP contribution is 2.22. The van der Waals surface area contributed by atoms with Gasteiger partial charge in [0.2, 0.25) is 0 Å². The lowest BCUT2D eigenvalue weighted by atomic mass is 10.2. The zero-order valence-electron chi connectivity index (χ0n) is 10.9. The third-order valence-electron chi connectivity index (χ3n) is 3.40. The molecule has 0 radical (unpaired) electrons. The molecule has 1 saturated heterocycles. The van der Waals surface area contributed by atoms with Crippen LogP contribution in [0.5, 0.6) is 0 Å². The molecule has 0 aromatic carbocycles. The van der Waals surface area contributed by atoms with Gasteiger partial charge >= 0.3 is 0 Å². The van der Waals surface area contributed by atoms with Crippen LogP contribution in [0.4, 0.5) is 0 Å². The molecule has 106 valence electrons. The van der Waals surface area contributed by atoms with E-state index in [1.54, 1.807) is 13.0 Å². The molecule has 0 amide bonds. The molecule has 0 spiro atoms. The fourth-order valence-corrected chi connectivity index (χ4v) is 4.99. The van der Waals surface area contributed by atoms with E-state index in [0.29, 0.717) is 30.7 Å². The summed E-state index contributed by atoms with van der Waals surface area (Å²) in [4.78, 5) is 12.5. The molecule has 19 heavy (non-hydrogen) atoms. The van der Waals surface area contributed by atoms with Gasteiger partial charge in [-0.25, -0.2) is 8.42 Å². The second-order valence-electron chi connectivity index (χ2n) is 4.77. The summed E-state index contributed by atoms with van der Waals surface area (Å²) in [5.41, 5.74) is 0. The highest BCUT2D eigenvalue weighted by atomic mass is 32.2. The average Bonchev–Trinajstić information content (AvgIpc) is 2.98. The van der Waals surface area contributed by atoms with Crippen molar-refractivity contribution in [2.45, 2.75) is 37.5 Å². The summed E-state index contributed by atoms with van der Waals surface area (Å²) in [5.74, 6) is 0.101. The highest BCUT2D eigenvalue weighted by Gasteiger charge is 2.35. The number of rotatable bonds is 6. The van der Waals surface area contributed by atoms with Gasteiger partial charge in [0.1, 0.15) is 0 Å². The van der Waals surface area contributed by atoms with E-state index in [2.05, 4.69) is 0 Å². The second-order valence-corrected chi connectivity index (χ2v) is 8.06. The third kappa shape index (κ3) is 3.64. The van der Waals surface area contributed by atoms with Crippen LogP contribution in [0.3, 0.4) is 0 Å². The van der Waals surface area contributed by atoms with Crippen molar-refractivity contribution in [3.63, 3.8) is 0 Å². The number of carbonyl (C=O) groups excluding carboxylic acids is 1. The van der Waals surface area contributed by atoms with E-state index in [9.17, 15) is 13.2 Å². The van der Waals surface area contributed by atoms with Gasteiger partial charge in [-0.05, 0) is 31.2 Å². The fraction of sp³-hybridized carbons (Fsp3) is 0.615. The van der Waals surface area contributed by atoms with Gasteiger partial charge in [-0.2, -0.15) is 0 Å². The van der Waals surface area contributed by atoms with Gasteiger partial charge in [0, 0.05) is 13.0 Å². The molecular weight excluding hydrogens is 284 g/mol. The highest BCUT2D eigenvalue weighted by molar-refractivity contribution is 7.92. The van der Waals surface area contributed by atoms with E-state index >= 15 is 0 Å². The number of ether oxygens (including phenoxy) is 1. The molecule has 2 unspecified atom stereocenters. The predicted octanol–water partition coefficient (Wildman–Crippen LogP) is 2.30.